The lowest BCUT2D eigenvalue weighted by molar-refractivity contribution is -0.142. The number of carbonyl (C=O) groups excluding carboxylic acids is 2. The predicted octanol–water partition coefficient (Wildman–Crippen LogP) is 3.23. The fourth-order valence-corrected chi connectivity index (χ4v) is 2.04. The highest BCUT2D eigenvalue weighted by Crippen LogP contribution is 2.28. The number of hydrogen-bond donors (Lipinski definition) is 0. The number of methoxy groups -OCH3 is 2. The lowest BCUT2D eigenvalue weighted by atomic mass is 10.2. The van der Waals surface area contributed by atoms with Crippen molar-refractivity contribution in [2.75, 3.05) is 20.8 Å². The average Bonchev–Trinajstić information content (AvgIpc) is 2.61. The molecule has 0 amide bonds. The number of carbonyl (C=O) groups is 2. The first-order valence-corrected chi connectivity index (χ1v) is 7.68. The number of esters is 2. The molecule has 2 aromatic rings. The zero-order valence-electron chi connectivity index (χ0n) is 13.1. The Morgan fingerprint density at radius 1 is 1.00 bits per heavy atom. The molecule has 0 aromatic heterocycles. The van der Waals surface area contributed by atoms with Gasteiger partial charge in [-0.2, -0.15) is 0 Å². The second-order valence-electron chi connectivity index (χ2n) is 4.57. The van der Waals surface area contributed by atoms with Crippen LogP contribution in [0.15, 0.2) is 46.9 Å². The average molecular weight is 395 g/mol. The minimum Gasteiger partial charge on any atom is -0.493 e. The summed E-state index contributed by atoms with van der Waals surface area (Å²) in [5, 5.41) is 0. The van der Waals surface area contributed by atoms with Crippen LogP contribution in [0.5, 0.6) is 17.2 Å². The second kappa shape index (κ2) is 8.35. The summed E-state index contributed by atoms with van der Waals surface area (Å²) in [7, 11) is 2.70. The molecule has 0 radical (unpaired) electrons. The first-order chi connectivity index (χ1) is 11.5. The van der Waals surface area contributed by atoms with Gasteiger partial charge in [0.2, 0.25) is 0 Å². The summed E-state index contributed by atoms with van der Waals surface area (Å²) in [4.78, 5) is 23.3. The summed E-state index contributed by atoms with van der Waals surface area (Å²) in [6, 6.07) is 11.4. The Morgan fingerprint density at radius 3 is 2.33 bits per heavy atom. The fraction of sp³-hybridized carbons (Fsp3) is 0.176. The van der Waals surface area contributed by atoms with Gasteiger partial charge in [0.15, 0.2) is 18.1 Å². The Bertz CT molecular complexity index is 726. The van der Waals surface area contributed by atoms with E-state index in [2.05, 4.69) is 20.7 Å². The molecule has 2 rings (SSSR count). The van der Waals surface area contributed by atoms with Crippen molar-refractivity contribution < 1.29 is 28.5 Å². The Kier molecular flexibility index (Phi) is 6.20. The van der Waals surface area contributed by atoms with Crippen molar-refractivity contribution in [2.45, 2.75) is 0 Å². The van der Waals surface area contributed by atoms with Crippen LogP contribution in [0, 0.1) is 0 Å². The quantitative estimate of drug-likeness (QED) is 0.553. The van der Waals surface area contributed by atoms with E-state index in [9.17, 15) is 9.59 Å². The molecule has 0 saturated carbocycles. The molecule has 0 spiro atoms. The van der Waals surface area contributed by atoms with E-state index in [4.69, 9.17) is 14.2 Å². The van der Waals surface area contributed by atoms with E-state index in [1.54, 1.807) is 24.3 Å². The zero-order valence-corrected chi connectivity index (χ0v) is 14.7. The second-order valence-corrected chi connectivity index (χ2v) is 5.49. The zero-order chi connectivity index (χ0) is 17.5. The van der Waals surface area contributed by atoms with Crippen molar-refractivity contribution in [1.82, 2.24) is 0 Å². The van der Waals surface area contributed by atoms with E-state index >= 15 is 0 Å². The topological polar surface area (TPSA) is 71.1 Å². The molecule has 24 heavy (non-hydrogen) atoms. The molecule has 7 heteroatoms. The van der Waals surface area contributed by atoms with E-state index < -0.39 is 11.9 Å². The summed E-state index contributed by atoms with van der Waals surface area (Å²) in [6.07, 6.45) is 0. The highest BCUT2D eigenvalue weighted by molar-refractivity contribution is 9.10. The third kappa shape index (κ3) is 4.73. The Hall–Kier alpha value is -2.54. The van der Waals surface area contributed by atoms with Gasteiger partial charge in [-0.05, 0) is 42.5 Å². The molecule has 0 aliphatic carbocycles. The number of halogens is 1. The Morgan fingerprint density at radius 2 is 1.71 bits per heavy atom. The van der Waals surface area contributed by atoms with Crippen molar-refractivity contribution in [2.24, 2.45) is 0 Å². The molecule has 0 N–H and O–H groups in total. The normalized spacial score (nSPS) is 9.96. The molecule has 0 heterocycles. The summed E-state index contributed by atoms with van der Waals surface area (Å²) in [5.74, 6) is 0.00588. The monoisotopic (exact) mass is 394 g/mol. The number of ether oxygens (including phenoxy) is 4. The van der Waals surface area contributed by atoms with Gasteiger partial charge in [0.25, 0.3) is 0 Å². The van der Waals surface area contributed by atoms with Crippen molar-refractivity contribution in [3.05, 3.63) is 52.5 Å². The molecular formula is C17H15BrO6. The molecule has 0 unspecified atom stereocenters. The molecular weight excluding hydrogens is 380 g/mol. The van der Waals surface area contributed by atoms with Gasteiger partial charge in [-0.25, -0.2) is 9.59 Å². The molecule has 0 fully saturated rings. The van der Waals surface area contributed by atoms with Gasteiger partial charge in [0.05, 0.1) is 19.8 Å². The summed E-state index contributed by atoms with van der Waals surface area (Å²) < 4.78 is 21.1. The summed E-state index contributed by atoms with van der Waals surface area (Å²) in [6.45, 7) is -0.254. The van der Waals surface area contributed by atoms with Crippen LogP contribution in [0.3, 0.4) is 0 Å². The first-order valence-electron chi connectivity index (χ1n) is 6.89. The molecule has 0 aliphatic rings. The van der Waals surface area contributed by atoms with Crippen LogP contribution >= 0.6 is 15.9 Å². The number of benzene rings is 2. The number of rotatable bonds is 6. The highest BCUT2D eigenvalue weighted by Gasteiger charge is 2.14. The molecule has 0 saturated heterocycles. The fourth-order valence-electron chi connectivity index (χ4n) is 1.78. The molecule has 0 bridgehead atoms. The molecule has 0 aliphatic heterocycles. The van der Waals surface area contributed by atoms with Crippen molar-refractivity contribution in [3.8, 4) is 17.2 Å². The first kappa shape index (κ1) is 17.8. The van der Waals surface area contributed by atoms with Crippen LogP contribution in [-0.4, -0.2) is 32.8 Å². The molecule has 0 atom stereocenters. The van der Waals surface area contributed by atoms with Gasteiger partial charge in [-0.15, -0.1) is 0 Å². The van der Waals surface area contributed by atoms with Crippen molar-refractivity contribution in [3.63, 3.8) is 0 Å². The number of hydrogen-bond acceptors (Lipinski definition) is 6. The SMILES string of the molecule is COC(=O)COc1ccc(C(=O)Oc2ccc(Br)cc2)cc1OC. The van der Waals surface area contributed by atoms with Gasteiger partial charge < -0.3 is 18.9 Å². The standard InChI is InChI=1S/C17H15BrO6/c1-21-15-9-11(3-8-14(15)23-10-16(19)22-2)17(20)24-13-6-4-12(18)5-7-13/h3-9H,10H2,1-2H3. The van der Waals surface area contributed by atoms with Crippen LogP contribution in [-0.2, 0) is 9.53 Å². The third-order valence-electron chi connectivity index (χ3n) is 3.00. The maximum absolute atomic E-state index is 12.2. The van der Waals surface area contributed by atoms with Gasteiger partial charge in [0.1, 0.15) is 5.75 Å². The largest absolute Gasteiger partial charge is 0.493 e. The summed E-state index contributed by atoms with van der Waals surface area (Å²) >= 11 is 3.31. The van der Waals surface area contributed by atoms with Gasteiger partial charge in [-0.1, -0.05) is 15.9 Å². The lowest BCUT2D eigenvalue weighted by Gasteiger charge is -2.11. The minimum atomic E-state index is -0.532. The van der Waals surface area contributed by atoms with E-state index in [0.29, 0.717) is 22.8 Å². The third-order valence-corrected chi connectivity index (χ3v) is 3.53. The lowest BCUT2D eigenvalue weighted by Crippen LogP contribution is -2.13. The highest BCUT2D eigenvalue weighted by atomic mass is 79.9. The van der Waals surface area contributed by atoms with Crippen LogP contribution in [0.2, 0.25) is 0 Å². The van der Waals surface area contributed by atoms with Gasteiger partial charge >= 0.3 is 11.9 Å². The Balaban J connectivity index is 2.11. The van der Waals surface area contributed by atoms with Crippen LogP contribution in [0.4, 0.5) is 0 Å². The van der Waals surface area contributed by atoms with E-state index in [0.717, 1.165) is 4.47 Å². The van der Waals surface area contributed by atoms with Crippen molar-refractivity contribution >= 4 is 27.9 Å². The van der Waals surface area contributed by atoms with E-state index in [1.807, 2.05) is 0 Å². The smallest absolute Gasteiger partial charge is 0.343 e. The summed E-state index contributed by atoms with van der Waals surface area (Å²) in [5.41, 5.74) is 0.292. The molecule has 6 nitrogen and oxygen atoms in total. The van der Waals surface area contributed by atoms with Crippen LogP contribution < -0.4 is 14.2 Å². The molecule has 2 aromatic carbocycles. The van der Waals surface area contributed by atoms with Crippen LogP contribution in [0.25, 0.3) is 0 Å². The maximum Gasteiger partial charge on any atom is 0.343 e. The van der Waals surface area contributed by atoms with Gasteiger partial charge in [0, 0.05) is 4.47 Å². The van der Waals surface area contributed by atoms with E-state index in [1.165, 1.54) is 32.4 Å². The maximum atomic E-state index is 12.2. The Labute approximate surface area is 147 Å². The van der Waals surface area contributed by atoms with E-state index in [-0.39, 0.29) is 6.61 Å². The molecule has 126 valence electrons. The minimum absolute atomic E-state index is 0.254. The predicted molar refractivity (Wildman–Crippen MR) is 89.6 cm³/mol. The van der Waals surface area contributed by atoms with Gasteiger partial charge in [-0.3, -0.25) is 0 Å². The van der Waals surface area contributed by atoms with Crippen LogP contribution in [0.1, 0.15) is 10.4 Å². The van der Waals surface area contributed by atoms with Crippen molar-refractivity contribution in [1.29, 1.82) is 0 Å².